The molecule has 1 unspecified atom stereocenters. The van der Waals surface area contributed by atoms with E-state index < -0.39 is 0 Å². The van der Waals surface area contributed by atoms with Gasteiger partial charge in [-0.25, -0.2) is 4.79 Å². The number of para-hydroxylation sites is 1. The topological polar surface area (TPSA) is 60.2 Å². The Morgan fingerprint density at radius 1 is 1.30 bits per heavy atom. The third-order valence-corrected chi connectivity index (χ3v) is 5.13. The monoisotopic (exact) mass is 364 g/mol. The number of hydrogen-bond acceptors (Lipinski definition) is 5. The number of aromatic nitrogens is 3. The minimum Gasteiger partial charge on any atom is -0.462 e. The van der Waals surface area contributed by atoms with Crippen molar-refractivity contribution in [3.63, 3.8) is 0 Å². The number of ether oxygens (including phenoxy) is 1. The first-order chi connectivity index (χ1) is 13.2. The standard InChI is InChI=1S/C21H24N4O2/c1-3-27-21(26)18-12-22-19-7-5-4-6-17(19)20(18)25-9-8-15(14-25)10-16-11-23-24(2)13-16/h4-7,11-13,15H,3,8-10,14H2,1-2H3. The van der Waals surface area contributed by atoms with Crippen LogP contribution in [-0.4, -0.2) is 40.4 Å². The lowest BCUT2D eigenvalue weighted by Gasteiger charge is -2.23. The van der Waals surface area contributed by atoms with Gasteiger partial charge in [0.2, 0.25) is 0 Å². The molecule has 3 aromatic rings. The van der Waals surface area contributed by atoms with Crippen LogP contribution in [0.5, 0.6) is 0 Å². The molecule has 0 amide bonds. The Kier molecular flexibility index (Phi) is 4.79. The smallest absolute Gasteiger partial charge is 0.341 e. The highest BCUT2D eigenvalue weighted by Gasteiger charge is 2.28. The summed E-state index contributed by atoms with van der Waals surface area (Å²) in [6, 6.07) is 7.98. The Morgan fingerprint density at radius 2 is 2.15 bits per heavy atom. The number of benzene rings is 1. The quantitative estimate of drug-likeness (QED) is 0.651. The molecule has 6 heteroatoms. The maximum absolute atomic E-state index is 12.5. The molecule has 6 nitrogen and oxygen atoms in total. The van der Waals surface area contributed by atoms with Crippen molar-refractivity contribution in [1.29, 1.82) is 0 Å². The molecule has 1 aromatic carbocycles. The van der Waals surface area contributed by atoms with E-state index in [1.165, 1.54) is 5.56 Å². The highest BCUT2D eigenvalue weighted by molar-refractivity contribution is 6.05. The number of carbonyl (C=O) groups is 1. The van der Waals surface area contributed by atoms with Gasteiger partial charge in [-0.15, -0.1) is 0 Å². The van der Waals surface area contributed by atoms with Crippen molar-refractivity contribution in [2.45, 2.75) is 19.8 Å². The number of anilines is 1. The second-order valence-corrected chi connectivity index (χ2v) is 7.09. The van der Waals surface area contributed by atoms with Crippen LogP contribution in [0.2, 0.25) is 0 Å². The van der Waals surface area contributed by atoms with Gasteiger partial charge in [-0.2, -0.15) is 5.10 Å². The first-order valence-electron chi connectivity index (χ1n) is 9.43. The van der Waals surface area contributed by atoms with Crippen LogP contribution in [-0.2, 0) is 18.2 Å². The highest BCUT2D eigenvalue weighted by Crippen LogP contribution is 2.34. The van der Waals surface area contributed by atoms with Crippen LogP contribution in [0.3, 0.4) is 0 Å². The molecule has 0 saturated carbocycles. The van der Waals surface area contributed by atoms with Gasteiger partial charge in [0.25, 0.3) is 0 Å². The molecular weight excluding hydrogens is 340 g/mol. The fourth-order valence-corrected chi connectivity index (χ4v) is 3.94. The Balaban J connectivity index is 1.65. The largest absolute Gasteiger partial charge is 0.462 e. The number of hydrogen-bond donors (Lipinski definition) is 0. The summed E-state index contributed by atoms with van der Waals surface area (Å²) in [4.78, 5) is 19.3. The maximum Gasteiger partial charge on any atom is 0.341 e. The van der Waals surface area contributed by atoms with Crippen molar-refractivity contribution in [3.8, 4) is 0 Å². The summed E-state index contributed by atoms with van der Waals surface area (Å²) < 4.78 is 7.13. The number of aryl methyl sites for hydroxylation is 1. The molecule has 0 spiro atoms. The number of nitrogens with zero attached hydrogens (tertiary/aromatic N) is 4. The van der Waals surface area contributed by atoms with E-state index in [9.17, 15) is 4.79 Å². The second-order valence-electron chi connectivity index (χ2n) is 7.09. The van der Waals surface area contributed by atoms with Crippen molar-refractivity contribution < 1.29 is 9.53 Å². The molecule has 2 aromatic heterocycles. The van der Waals surface area contributed by atoms with E-state index in [4.69, 9.17) is 4.74 Å². The molecule has 0 aliphatic carbocycles. The van der Waals surface area contributed by atoms with Crippen LogP contribution >= 0.6 is 0 Å². The van der Waals surface area contributed by atoms with Crippen LogP contribution in [0, 0.1) is 5.92 Å². The molecule has 27 heavy (non-hydrogen) atoms. The molecule has 1 atom stereocenters. The predicted octanol–water partition coefficient (Wildman–Crippen LogP) is 3.21. The van der Waals surface area contributed by atoms with E-state index in [-0.39, 0.29) is 5.97 Å². The molecule has 140 valence electrons. The minimum atomic E-state index is -0.304. The minimum absolute atomic E-state index is 0.304. The van der Waals surface area contributed by atoms with Gasteiger partial charge < -0.3 is 9.64 Å². The third-order valence-electron chi connectivity index (χ3n) is 5.13. The van der Waals surface area contributed by atoms with Crippen LogP contribution < -0.4 is 4.90 Å². The molecule has 4 rings (SSSR count). The molecule has 1 aliphatic rings. The summed E-state index contributed by atoms with van der Waals surface area (Å²) in [5.41, 5.74) is 3.66. The van der Waals surface area contributed by atoms with Gasteiger partial charge in [0, 0.05) is 37.9 Å². The lowest BCUT2D eigenvalue weighted by Crippen LogP contribution is -2.24. The van der Waals surface area contributed by atoms with Crippen molar-refractivity contribution >= 4 is 22.6 Å². The molecular formula is C21H24N4O2. The predicted molar refractivity (Wildman–Crippen MR) is 105 cm³/mol. The molecule has 0 N–H and O–H groups in total. The molecule has 1 fully saturated rings. The Morgan fingerprint density at radius 3 is 2.93 bits per heavy atom. The van der Waals surface area contributed by atoms with Crippen LogP contribution in [0.4, 0.5) is 5.69 Å². The van der Waals surface area contributed by atoms with Crippen molar-refractivity contribution in [2.24, 2.45) is 13.0 Å². The van der Waals surface area contributed by atoms with E-state index in [0.29, 0.717) is 18.1 Å². The molecule has 0 bridgehead atoms. The molecule has 3 heterocycles. The summed E-state index contributed by atoms with van der Waals surface area (Å²) in [5.74, 6) is 0.234. The average molecular weight is 364 g/mol. The fourth-order valence-electron chi connectivity index (χ4n) is 3.94. The van der Waals surface area contributed by atoms with Gasteiger partial charge >= 0.3 is 5.97 Å². The number of fused-ring (bicyclic) bond motifs is 1. The summed E-state index contributed by atoms with van der Waals surface area (Å²) in [7, 11) is 1.94. The first kappa shape index (κ1) is 17.5. The van der Waals surface area contributed by atoms with E-state index in [1.54, 1.807) is 6.20 Å². The normalized spacial score (nSPS) is 16.8. The second kappa shape index (κ2) is 7.39. The van der Waals surface area contributed by atoms with Crippen molar-refractivity contribution in [3.05, 3.63) is 54.0 Å². The number of rotatable bonds is 5. The lowest BCUT2D eigenvalue weighted by molar-refractivity contribution is 0.0527. The van der Waals surface area contributed by atoms with E-state index in [0.717, 1.165) is 42.5 Å². The average Bonchev–Trinajstić information content (AvgIpc) is 3.30. The van der Waals surface area contributed by atoms with Crippen molar-refractivity contribution in [1.82, 2.24) is 14.8 Å². The molecule has 0 radical (unpaired) electrons. The first-order valence-corrected chi connectivity index (χ1v) is 9.43. The third kappa shape index (κ3) is 3.52. The lowest BCUT2D eigenvalue weighted by atomic mass is 10.0. The number of esters is 1. The number of carbonyl (C=O) groups excluding carboxylic acids is 1. The van der Waals surface area contributed by atoms with Gasteiger partial charge in [-0.1, -0.05) is 18.2 Å². The summed E-state index contributed by atoms with van der Waals surface area (Å²) in [6.45, 7) is 4.02. The molecule has 1 saturated heterocycles. The Labute approximate surface area is 158 Å². The zero-order valence-electron chi connectivity index (χ0n) is 15.8. The van der Waals surface area contributed by atoms with Crippen LogP contribution in [0.25, 0.3) is 10.9 Å². The maximum atomic E-state index is 12.5. The SMILES string of the molecule is CCOC(=O)c1cnc2ccccc2c1N1CCC(Cc2cnn(C)c2)C1. The van der Waals surface area contributed by atoms with Crippen LogP contribution in [0.1, 0.15) is 29.3 Å². The van der Waals surface area contributed by atoms with Gasteiger partial charge in [-0.05, 0) is 37.3 Å². The van der Waals surface area contributed by atoms with Gasteiger partial charge in [0.15, 0.2) is 0 Å². The van der Waals surface area contributed by atoms with Crippen molar-refractivity contribution in [2.75, 3.05) is 24.6 Å². The highest BCUT2D eigenvalue weighted by atomic mass is 16.5. The zero-order valence-corrected chi connectivity index (χ0v) is 15.8. The Bertz CT molecular complexity index is 966. The van der Waals surface area contributed by atoms with E-state index >= 15 is 0 Å². The number of pyridine rings is 1. The summed E-state index contributed by atoms with van der Waals surface area (Å²) in [6.07, 6.45) is 7.77. The van der Waals surface area contributed by atoms with Gasteiger partial charge in [-0.3, -0.25) is 9.67 Å². The van der Waals surface area contributed by atoms with E-state index in [2.05, 4.69) is 21.2 Å². The van der Waals surface area contributed by atoms with Gasteiger partial charge in [0.05, 0.1) is 24.0 Å². The van der Waals surface area contributed by atoms with Gasteiger partial charge in [0.1, 0.15) is 5.56 Å². The zero-order chi connectivity index (χ0) is 18.8. The summed E-state index contributed by atoms with van der Waals surface area (Å²) >= 11 is 0. The fraction of sp³-hybridized carbons (Fsp3) is 0.381. The summed E-state index contributed by atoms with van der Waals surface area (Å²) in [5, 5.41) is 5.27. The van der Waals surface area contributed by atoms with E-state index in [1.807, 2.05) is 49.1 Å². The van der Waals surface area contributed by atoms with Crippen LogP contribution in [0.15, 0.2) is 42.9 Å². The molecule has 1 aliphatic heterocycles. The Hall–Kier alpha value is -2.89.